The van der Waals surface area contributed by atoms with Crippen molar-refractivity contribution in [3.63, 3.8) is 0 Å². The van der Waals surface area contributed by atoms with Crippen LogP contribution in [-0.4, -0.2) is 11.1 Å². The summed E-state index contributed by atoms with van der Waals surface area (Å²) in [5.41, 5.74) is 1.67. The molecule has 16 heavy (non-hydrogen) atoms. The number of carboxylic acid groups (broad SMARTS) is 1. The molecule has 0 aliphatic carbocycles. The molecule has 0 saturated heterocycles. The van der Waals surface area contributed by atoms with Gasteiger partial charge in [-0.25, -0.2) is 4.79 Å². The highest BCUT2D eigenvalue weighted by atomic mass is 16.4. The third kappa shape index (κ3) is 2.26. The van der Waals surface area contributed by atoms with E-state index in [2.05, 4.69) is 34.6 Å². The largest absolute Gasteiger partial charge is 0.478 e. The van der Waals surface area contributed by atoms with Crippen molar-refractivity contribution in [1.29, 1.82) is 0 Å². The third-order valence-electron chi connectivity index (χ3n) is 3.73. The Morgan fingerprint density at radius 1 is 1.00 bits per heavy atom. The summed E-state index contributed by atoms with van der Waals surface area (Å²) in [6.07, 6.45) is 0. The second kappa shape index (κ2) is 3.93. The van der Waals surface area contributed by atoms with E-state index in [4.69, 9.17) is 5.11 Å². The van der Waals surface area contributed by atoms with E-state index in [0.29, 0.717) is 5.56 Å². The van der Waals surface area contributed by atoms with Gasteiger partial charge in [-0.05, 0) is 28.5 Å². The van der Waals surface area contributed by atoms with Crippen molar-refractivity contribution < 1.29 is 9.90 Å². The van der Waals surface area contributed by atoms with Gasteiger partial charge in [-0.15, -0.1) is 0 Å². The van der Waals surface area contributed by atoms with E-state index in [1.54, 1.807) is 12.1 Å². The van der Waals surface area contributed by atoms with Crippen LogP contribution in [0.25, 0.3) is 0 Å². The maximum absolute atomic E-state index is 10.8. The number of rotatable bonds is 2. The molecule has 1 N–H and O–H groups in total. The van der Waals surface area contributed by atoms with Crippen molar-refractivity contribution in [3.8, 4) is 0 Å². The first kappa shape index (κ1) is 12.8. The SMILES string of the molecule is CC(C)(C)C(C)(C)c1ccc(C(=O)O)cc1. The predicted molar refractivity (Wildman–Crippen MR) is 65.9 cm³/mol. The molecule has 1 aromatic carbocycles. The lowest BCUT2D eigenvalue weighted by Crippen LogP contribution is -2.33. The zero-order chi connectivity index (χ0) is 12.6. The van der Waals surface area contributed by atoms with Gasteiger partial charge < -0.3 is 5.11 Å². The van der Waals surface area contributed by atoms with Crippen LogP contribution in [0.15, 0.2) is 24.3 Å². The molecular formula is C14H20O2. The summed E-state index contributed by atoms with van der Waals surface area (Å²) in [6, 6.07) is 7.17. The molecule has 2 heteroatoms. The molecule has 0 amide bonds. The molecule has 2 nitrogen and oxygen atoms in total. The lowest BCUT2D eigenvalue weighted by atomic mass is 9.65. The van der Waals surface area contributed by atoms with Crippen LogP contribution in [0.5, 0.6) is 0 Å². The Balaban J connectivity index is 3.11. The van der Waals surface area contributed by atoms with E-state index in [-0.39, 0.29) is 10.8 Å². The highest BCUT2D eigenvalue weighted by Crippen LogP contribution is 2.40. The van der Waals surface area contributed by atoms with E-state index in [9.17, 15) is 4.79 Å². The Morgan fingerprint density at radius 2 is 1.44 bits per heavy atom. The van der Waals surface area contributed by atoms with Crippen molar-refractivity contribution in [2.45, 2.75) is 40.0 Å². The number of aromatic carboxylic acids is 1. The molecule has 0 aliphatic rings. The minimum absolute atomic E-state index is 0.0179. The summed E-state index contributed by atoms with van der Waals surface area (Å²) < 4.78 is 0. The third-order valence-corrected chi connectivity index (χ3v) is 3.73. The molecule has 0 fully saturated rings. The molecule has 0 heterocycles. The average molecular weight is 220 g/mol. The monoisotopic (exact) mass is 220 g/mol. The van der Waals surface area contributed by atoms with E-state index in [0.717, 1.165) is 0 Å². The first-order valence-corrected chi connectivity index (χ1v) is 5.50. The Hall–Kier alpha value is -1.31. The Kier molecular flexibility index (Phi) is 3.13. The minimum Gasteiger partial charge on any atom is -0.478 e. The predicted octanol–water partition coefficient (Wildman–Crippen LogP) is 3.71. The quantitative estimate of drug-likeness (QED) is 0.825. The zero-order valence-corrected chi connectivity index (χ0v) is 10.7. The number of hydrogen-bond acceptors (Lipinski definition) is 1. The van der Waals surface area contributed by atoms with Gasteiger partial charge in [-0.2, -0.15) is 0 Å². The van der Waals surface area contributed by atoms with Gasteiger partial charge in [0, 0.05) is 0 Å². The molecule has 1 rings (SSSR count). The number of benzene rings is 1. The average Bonchev–Trinajstić information content (AvgIpc) is 2.16. The van der Waals surface area contributed by atoms with Gasteiger partial charge in [-0.3, -0.25) is 0 Å². The number of hydrogen-bond donors (Lipinski definition) is 1. The van der Waals surface area contributed by atoms with Crippen LogP contribution in [-0.2, 0) is 5.41 Å². The van der Waals surface area contributed by atoms with Gasteiger partial charge in [0.1, 0.15) is 0 Å². The minimum atomic E-state index is -0.875. The number of carboxylic acids is 1. The van der Waals surface area contributed by atoms with Crippen LogP contribution in [0, 0.1) is 5.41 Å². The van der Waals surface area contributed by atoms with Crippen LogP contribution in [0.1, 0.15) is 50.5 Å². The fourth-order valence-electron chi connectivity index (χ4n) is 1.46. The first-order chi connectivity index (χ1) is 7.16. The van der Waals surface area contributed by atoms with Crippen LogP contribution < -0.4 is 0 Å². The summed E-state index contributed by atoms with van der Waals surface area (Å²) in [6.45, 7) is 10.9. The first-order valence-electron chi connectivity index (χ1n) is 5.50. The standard InChI is InChI=1S/C14H20O2/c1-13(2,3)14(4,5)11-8-6-10(7-9-11)12(15)16/h6-9H,1-5H3,(H,15,16). The van der Waals surface area contributed by atoms with Crippen molar-refractivity contribution in [1.82, 2.24) is 0 Å². The molecule has 0 atom stereocenters. The lowest BCUT2D eigenvalue weighted by Gasteiger charge is -2.39. The molecule has 0 saturated carbocycles. The maximum Gasteiger partial charge on any atom is 0.335 e. The van der Waals surface area contributed by atoms with E-state index < -0.39 is 5.97 Å². The molecule has 0 unspecified atom stereocenters. The van der Waals surface area contributed by atoms with Gasteiger partial charge >= 0.3 is 5.97 Å². The zero-order valence-electron chi connectivity index (χ0n) is 10.7. The Morgan fingerprint density at radius 3 is 1.75 bits per heavy atom. The summed E-state index contributed by atoms with van der Waals surface area (Å²) in [5, 5.41) is 8.84. The van der Waals surface area contributed by atoms with Crippen molar-refractivity contribution in [3.05, 3.63) is 35.4 Å². The highest BCUT2D eigenvalue weighted by molar-refractivity contribution is 5.87. The fourth-order valence-corrected chi connectivity index (χ4v) is 1.46. The van der Waals surface area contributed by atoms with Gasteiger partial charge in [-0.1, -0.05) is 46.8 Å². The van der Waals surface area contributed by atoms with E-state index >= 15 is 0 Å². The molecule has 0 spiro atoms. The molecule has 0 aliphatic heterocycles. The summed E-state index contributed by atoms with van der Waals surface area (Å²) >= 11 is 0. The normalized spacial score (nSPS) is 12.6. The highest BCUT2D eigenvalue weighted by Gasteiger charge is 2.34. The summed E-state index contributed by atoms with van der Waals surface area (Å²) in [4.78, 5) is 10.8. The van der Waals surface area contributed by atoms with Crippen LogP contribution in [0.3, 0.4) is 0 Å². The van der Waals surface area contributed by atoms with Crippen molar-refractivity contribution in [2.24, 2.45) is 5.41 Å². The lowest BCUT2D eigenvalue weighted by molar-refractivity contribution is 0.0697. The molecule has 88 valence electrons. The smallest absolute Gasteiger partial charge is 0.335 e. The van der Waals surface area contributed by atoms with E-state index in [1.807, 2.05) is 12.1 Å². The van der Waals surface area contributed by atoms with Gasteiger partial charge in [0.2, 0.25) is 0 Å². The second-order valence-electron chi connectivity index (χ2n) is 5.76. The second-order valence-corrected chi connectivity index (χ2v) is 5.76. The summed E-state index contributed by atoms with van der Waals surface area (Å²) in [7, 11) is 0. The number of carbonyl (C=O) groups is 1. The molecule has 0 bridgehead atoms. The van der Waals surface area contributed by atoms with Gasteiger partial charge in [0.05, 0.1) is 5.56 Å². The van der Waals surface area contributed by atoms with Crippen LogP contribution in [0.4, 0.5) is 0 Å². The topological polar surface area (TPSA) is 37.3 Å². The molecular weight excluding hydrogens is 200 g/mol. The Bertz CT molecular complexity index is 380. The van der Waals surface area contributed by atoms with Gasteiger partial charge in [0.25, 0.3) is 0 Å². The molecule has 1 aromatic rings. The van der Waals surface area contributed by atoms with Crippen LogP contribution in [0.2, 0.25) is 0 Å². The Labute approximate surface area is 97.3 Å². The summed E-state index contributed by atoms with van der Waals surface area (Å²) in [5.74, 6) is -0.875. The van der Waals surface area contributed by atoms with Crippen molar-refractivity contribution in [2.75, 3.05) is 0 Å². The molecule has 0 radical (unpaired) electrons. The van der Waals surface area contributed by atoms with Crippen LogP contribution >= 0.6 is 0 Å². The maximum atomic E-state index is 10.8. The van der Waals surface area contributed by atoms with Crippen molar-refractivity contribution >= 4 is 5.97 Å². The fraction of sp³-hybridized carbons (Fsp3) is 0.500. The van der Waals surface area contributed by atoms with E-state index in [1.165, 1.54) is 5.56 Å². The van der Waals surface area contributed by atoms with Gasteiger partial charge in [0.15, 0.2) is 0 Å². The molecule has 0 aromatic heterocycles.